The topological polar surface area (TPSA) is 133 Å². The van der Waals surface area contributed by atoms with Crippen LogP contribution in [0.4, 0.5) is 11.4 Å². The van der Waals surface area contributed by atoms with E-state index in [-0.39, 0.29) is 31.8 Å². The van der Waals surface area contributed by atoms with Crippen LogP contribution in [0.5, 0.6) is 0 Å². The minimum atomic E-state index is -4.04. The first-order chi connectivity index (χ1) is 18.9. The molecule has 1 unspecified atom stereocenters. The first kappa shape index (κ1) is 30.0. The second kappa shape index (κ2) is 12.3. The molecule has 1 aliphatic rings. The van der Waals surface area contributed by atoms with E-state index in [2.05, 4.69) is 16.6 Å². The fraction of sp³-hybridized carbons (Fsp3) is 0.222. The van der Waals surface area contributed by atoms with E-state index in [9.17, 15) is 26.7 Å². The normalized spacial score (nSPS) is 15.8. The molecule has 1 heterocycles. The third-order valence-electron chi connectivity index (χ3n) is 6.41. The van der Waals surface area contributed by atoms with Crippen molar-refractivity contribution in [2.24, 2.45) is 0 Å². The van der Waals surface area contributed by atoms with Gasteiger partial charge in [-0.15, -0.1) is 6.58 Å². The van der Waals surface area contributed by atoms with Crippen molar-refractivity contribution in [1.82, 2.24) is 4.90 Å². The molecule has 13 heteroatoms. The van der Waals surface area contributed by atoms with E-state index in [1.54, 1.807) is 4.90 Å². The molecule has 0 spiro atoms. The highest BCUT2D eigenvalue weighted by molar-refractivity contribution is 7.92. The zero-order valence-electron chi connectivity index (χ0n) is 21.1. The van der Waals surface area contributed by atoms with Crippen molar-refractivity contribution in [3.05, 3.63) is 95.0 Å². The molecule has 3 aromatic carbocycles. The monoisotopic (exact) mass is 623 g/mol. The summed E-state index contributed by atoms with van der Waals surface area (Å²) < 4.78 is 54.7. The minimum Gasteiger partial charge on any atom is -0.393 e. The van der Waals surface area contributed by atoms with Gasteiger partial charge in [0.25, 0.3) is 15.9 Å². The Hall–Kier alpha value is -2.93. The molecule has 0 aromatic heterocycles. The lowest BCUT2D eigenvalue weighted by Gasteiger charge is -2.34. The number of hydrogen-bond acceptors (Lipinski definition) is 7. The number of halogens is 2. The van der Waals surface area contributed by atoms with Gasteiger partial charge < -0.3 is 10.4 Å². The molecule has 0 saturated carbocycles. The van der Waals surface area contributed by atoms with Crippen LogP contribution >= 0.6 is 23.2 Å². The maximum Gasteiger partial charge on any atom is 0.261 e. The van der Waals surface area contributed by atoms with Crippen LogP contribution in [0.15, 0.2) is 89.2 Å². The van der Waals surface area contributed by atoms with Crippen molar-refractivity contribution in [3.8, 4) is 0 Å². The van der Waals surface area contributed by atoms with Crippen molar-refractivity contribution in [3.63, 3.8) is 0 Å². The molecule has 3 N–H and O–H groups in total. The van der Waals surface area contributed by atoms with E-state index < -0.39 is 37.2 Å². The van der Waals surface area contributed by atoms with Crippen LogP contribution in [0.3, 0.4) is 0 Å². The fourth-order valence-corrected chi connectivity index (χ4v) is 7.32. The number of nitrogens with zero attached hydrogens (tertiary/aromatic N) is 1. The van der Waals surface area contributed by atoms with Gasteiger partial charge in [-0.25, -0.2) is 16.8 Å². The molecule has 212 valence electrons. The van der Waals surface area contributed by atoms with Gasteiger partial charge in [0.05, 0.1) is 27.1 Å². The molecule has 3 aromatic rings. The van der Waals surface area contributed by atoms with Gasteiger partial charge in [0.1, 0.15) is 5.37 Å². The number of amides is 1. The standard InChI is InChI=1S/C27H27Cl2N3O6S2/c1-2-26(32-15-13-21(33)14-16-32)39(35,36)22-10-6-20(7-11-22)30-27(34)24-17-19(29)5-12-25(24)31-40(37,38)23-8-3-18(28)4-9-23/h2-12,17,21,26,31,33H,1,13-16H2,(H,30,34). The molecule has 40 heavy (non-hydrogen) atoms. The highest BCUT2D eigenvalue weighted by atomic mass is 35.5. The number of sulfone groups is 1. The number of sulfonamides is 1. The van der Waals surface area contributed by atoms with Crippen LogP contribution in [0.25, 0.3) is 0 Å². The summed E-state index contributed by atoms with van der Waals surface area (Å²) in [6.45, 7) is 4.55. The Morgan fingerprint density at radius 2 is 1.50 bits per heavy atom. The first-order valence-corrected chi connectivity index (χ1v) is 16.0. The number of carbonyl (C=O) groups is 1. The Morgan fingerprint density at radius 1 is 0.925 bits per heavy atom. The van der Waals surface area contributed by atoms with Crippen LogP contribution in [0, 0.1) is 0 Å². The highest BCUT2D eigenvalue weighted by Crippen LogP contribution is 2.27. The Kier molecular flexibility index (Phi) is 9.23. The molecule has 1 aliphatic heterocycles. The summed E-state index contributed by atoms with van der Waals surface area (Å²) >= 11 is 11.9. The van der Waals surface area contributed by atoms with E-state index in [4.69, 9.17) is 23.2 Å². The Balaban J connectivity index is 1.52. The Labute approximate surface area is 243 Å². The average Bonchev–Trinajstić information content (AvgIpc) is 2.91. The molecular weight excluding hydrogens is 597 g/mol. The van der Waals surface area contributed by atoms with Gasteiger partial charge in [-0.05, 0) is 79.6 Å². The van der Waals surface area contributed by atoms with Gasteiger partial charge in [0, 0.05) is 28.8 Å². The second-order valence-corrected chi connectivity index (χ2v) is 13.8. The summed E-state index contributed by atoms with van der Waals surface area (Å²) in [5.41, 5.74) is 0.240. The number of nitrogens with one attached hydrogen (secondary N) is 2. The lowest BCUT2D eigenvalue weighted by molar-refractivity contribution is 0.0822. The first-order valence-electron chi connectivity index (χ1n) is 12.2. The third kappa shape index (κ3) is 6.85. The molecular formula is C27H27Cl2N3O6S2. The summed E-state index contributed by atoms with van der Waals surface area (Å²) in [5, 5.41) is 12.0. The molecule has 1 amide bonds. The number of aliphatic hydroxyl groups is 1. The number of anilines is 2. The van der Waals surface area contributed by atoms with E-state index in [1.807, 2.05) is 0 Å². The van der Waals surface area contributed by atoms with E-state index in [0.29, 0.717) is 31.0 Å². The van der Waals surface area contributed by atoms with Gasteiger partial charge in [-0.3, -0.25) is 14.4 Å². The molecule has 1 fully saturated rings. The SMILES string of the molecule is C=CC(N1CCC(O)CC1)S(=O)(=O)c1ccc(NC(=O)c2cc(Cl)ccc2NS(=O)(=O)c2ccc(Cl)cc2)cc1. The molecule has 0 radical (unpaired) electrons. The summed E-state index contributed by atoms with van der Waals surface area (Å²) in [7, 11) is -7.86. The molecule has 4 rings (SSSR count). The van der Waals surface area contributed by atoms with Gasteiger partial charge in [-0.2, -0.15) is 0 Å². The van der Waals surface area contributed by atoms with Gasteiger partial charge in [0.15, 0.2) is 9.84 Å². The van der Waals surface area contributed by atoms with Gasteiger partial charge in [-0.1, -0.05) is 29.3 Å². The lowest BCUT2D eigenvalue weighted by Crippen LogP contribution is -2.45. The van der Waals surface area contributed by atoms with Crippen molar-refractivity contribution in [1.29, 1.82) is 0 Å². The van der Waals surface area contributed by atoms with Crippen LogP contribution in [0.1, 0.15) is 23.2 Å². The largest absolute Gasteiger partial charge is 0.393 e. The van der Waals surface area contributed by atoms with Crippen molar-refractivity contribution < 1.29 is 26.7 Å². The van der Waals surface area contributed by atoms with Crippen molar-refractivity contribution in [2.45, 2.75) is 34.1 Å². The predicted molar refractivity (Wildman–Crippen MR) is 156 cm³/mol. The maximum absolute atomic E-state index is 13.3. The van der Waals surface area contributed by atoms with Gasteiger partial charge in [0.2, 0.25) is 0 Å². The summed E-state index contributed by atoms with van der Waals surface area (Å²) in [6, 6.07) is 15.3. The predicted octanol–water partition coefficient (Wildman–Crippen LogP) is 4.79. The maximum atomic E-state index is 13.3. The number of hydrogen-bond donors (Lipinski definition) is 3. The average molecular weight is 625 g/mol. The molecule has 0 aliphatic carbocycles. The van der Waals surface area contributed by atoms with Crippen LogP contribution in [-0.4, -0.2) is 57.3 Å². The minimum absolute atomic E-state index is 0.00322. The number of piperidine rings is 1. The van der Waals surface area contributed by atoms with E-state index in [0.717, 1.165) is 0 Å². The van der Waals surface area contributed by atoms with E-state index >= 15 is 0 Å². The molecule has 1 saturated heterocycles. The zero-order chi connectivity index (χ0) is 29.1. The van der Waals surface area contributed by atoms with Crippen LogP contribution in [-0.2, 0) is 19.9 Å². The van der Waals surface area contributed by atoms with E-state index in [1.165, 1.54) is 72.8 Å². The molecule has 1 atom stereocenters. The number of carbonyl (C=O) groups excluding carboxylic acids is 1. The highest BCUT2D eigenvalue weighted by Gasteiger charge is 2.32. The Morgan fingerprint density at radius 3 is 2.10 bits per heavy atom. The van der Waals surface area contributed by atoms with Crippen molar-refractivity contribution >= 4 is 60.3 Å². The quantitative estimate of drug-likeness (QED) is 0.292. The number of likely N-dealkylation sites (tertiary alicyclic amines) is 1. The fourth-order valence-electron chi connectivity index (χ4n) is 4.29. The number of aliphatic hydroxyl groups excluding tert-OH is 1. The smallest absolute Gasteiger partial charge is 0.261 e. The molecule has 0 bridgehead atoms. The lowest BCUT2D eigenvalue weighted by atomic mass is 10.1. The summed E-state index contributed by atoms with van der Waals surface area (Å²) in [5.74, 6) is -0.664. The van der Waals surface area contributed by atoms with Crippen LogP contribution in [0.2, 0.25) is 10.0 Å². The third-order valence-corrected chi connectivity index (χ3v) is 10.3. The number of rotatable bonds is 9. The zero-order valence-corrected chi connectivity index (χ0v) is 24.3. The summed E-state index contributed by atoms with van der Waals surface area (Å²) in [4.78, 5) is 14.9. The van der Waals surface area contributed by atoms with Crippen LogP contribution < -0.4 is 10.0 Å². The second-order valence-electron chi connectivity index (χ2n) is 9.17. The summed E-state index contributed by atoms with van der Waals surface area (Å²) in [6.07, 6.45) is 1.88. The van der Waals surface area contributed by atoms with Gasteiger partial charge >= 0.3 is 0 Å². The van der Waals surface area contributed by atoms with Crippen molar-refractivity contribution in [2.75, 3.05) is 23.1 Å². The molecule has 9 nitrogen and oxygen atoms in total. The number of benzene rings is 3. The Bertz CT molecular complexity index is 1600.